The van der Waals surface area contributed by atoms with Crippen LogP contribution in [-0.2, 0) is 17.9 Å². The molecular weight excluding hydrogens is 597 g/mol. The molecule has 1 aliphatic rings. The van der Waals surface area contributed by atoms with Crippen molar-refractivity contribution in [2.45, 2.75) is 27.0 Å². The van der Waals surface area contributed by atoms with Gasteiger partial charge < -0.3 is 9.47 Å². The van der Waals surface area contributed by atoms with E-state index >= 15 is 0 Å². The maximum absolute atomic E-state index is 13.0. The van der Waals surface area contributed by atoms with E-state index in [2.05, 4.69) is 28.7 Å². The summed E-state index contributed by atoms with van der Waals surface area (Å²) >= 11 is 9.07. The molecule has 1 heterocycles. The first-order valence-electron chi connectivity index (χ1n) is 11.0. The minimum atomic E-state index is -0.317. The van der Waals surface area contributed by atoms with Crippen LogP contribution in [0, 0.1) is 10.5 Å². The van der Waals surface area contributed by atoms with Gasteiger partial charge in [-0.3, -0.25) is 14.5 Å². The van der Waals surface area contributed by atoms with E-state index in [1.165, 1.54) is 10.5 Å². The normalized spacial score (nSPS) is 14.6. The van der Waals surface area contributed by atoms with Crippen molar-refractivity contribution in [3.05, 3.63) is 96.4 Å². The highest BCUT2D eigenvalue weighted by Crippen LogP contribution is 2.38. The van der Waals surface area contributed by atoms with Gasteiger partial charge in [-0.1, -0.05) is 53.6 Å². The fraction of sp³-hybridized carbons (Fsp3) is 0.185. The third kappa shape index (κ3) is 6.39. The molecule has 0 N–H and O–H groups in total. The molecule has 0 spiro atoms. The van der Waals surface area contributed by atoms with Crippen molar-refractivity contribution in [1.29, 1.82) is 0 Å². The molecule has 8 heteroatoms. The summed E-state index contributed by atoms with van der Waals surface area (Å²) in [6.07, 6.45) is 1.72. The number of rotatable bonds is 8. The van der Waals surface area contributed by atoms with Gasteiger partial charge in [0.1, 0.15) is 6.61 Å². The van der Waals surface area contributed by atoms with Gasteiger partial charge in [-0.2, -0.15) is 0 Å². The maximum Gasteiger partial charge on any atom is 0.293 e. The van der Waals surface area contributed by atoms with Crippen molar-refractivity contribution >= 4 is 63.2 Å². The van der Waals surface area contributed by atoms with Crippen LogP contribution in [0.3, 0.4) is 0 Å². The van der Waals surface area contributed by atoms with Crippen molar-refractivity contribution < 1.29 is 19.1 Å². The molecule has 0 unspecified atom stereocenters. The van der Waals surface area contributed by atoms with E-state index in [-0.39, 0.29) is 17.7 Å². The molecule has 4 rings (SSSR count). The van der Waals surface area contributed by atoms with Crippen LogP contribution in [0.4, 0.5) is 4.79 Å². The second-order valence-electron chi connectivity index (χ2n) is 7.94. The Bertz CT molecular complexity index is 1290. The minimum absolute atomic E-state index is 0.201. The number of imide groups is 1. The Morgan fingerprint density at radius 2 is 1.80 bits per heavy atom. The fourth-order valence-electron chi connectivity index (χ4n) is 3.59. The Balaban J connectivity index is 1.55. The van der Waals surface area contributed by atoms with Crippen LogP contribution in [0.5, 0.6) is 11.5 Å². The Kier molecular flexibility index (Phi) is 8.41. The number of carbonyl (C=O) groups excluding carboxylic acids is 2. The molecule has 0 aromatic heterocycles. The summed E-state index contributed by atoms with van der Waals surface area (Å²) in [6.45, 7) is 5.04. The van der Waals surface area contributed by atoms with Gasteiger partial charge in [-0.15, -0.1) is 0 Å². The number of aryl methyl sites for hydroxylation is 1. The van der Waals surface area contributed by atoms with Gasteiger partial charge in [0.05, 0.1) is 21.6 Å². The molecule has 180 valence electrons. The topological polar surface area (TPSA) is 55.8 Å². The van der Waals surface area contributed by atoms with Crippen molar-refractivity contribution in [1.82, 2.24) is 4.90 Å². The molecule has 35 heavy (non-hydrogen) atoms. The first-order chi connectivity index (χ1) is 16.8. The molecule has 2 amide bonds. The average Bonchev–Trinajstić information content (AvgIpc) is 3.07. The Morgan fingerprint density at radius 1 is 1.03 bits per heavy atom. The molecule has 0 atom stereocenters. The molecule has 1 fully saturated rings. The minimum Gasteiger partial charge on any atom is -0.490 e. The summed E-state index contributed by atoms with van der Waals surface area (Å²) in [5, 5.41) is 0.308. The van der Waals surface area contributed by atoms with Crippen LogP contribution < -0.4 is 9.47 Å². The number of amides is 2. The standard InChI is InChI=1S/C27H23ClINO4S/c1-3-33-23-13-20(12-22(29)25(23)34-16-19-6-4-5-17(2)11-19)14-24-26(31)30(27(32)35-24)15-18-7-9-21(28)10-8-18/h4-14H,3,15-16H2,1-2H3/b24-14-. The van der Waals surface area contributed by atoms with E-state index in [1.54, 1.807) is 18.2 Å². The van der Waals surface area contributed by atoms with Crippen molar-refractivity contribution in [3.63, 3.8) is 0 Å². The van der Waals surface area contributed by atoms with E-state index < -0.39 is 0 Å². The zero-order valence-corrected chi connectivity index (χ0v) is 22.9. The molecule has 3 aromatic carbocycles. The number of nitrogens with zero attached hydrogens (tertiary/aromatic N) is 1. The Morgan fingerprint density at radius 3 is 2.51 bits per heavy atom. The van der Waals surface area contributed by atoms with Gasteiger partial charge in [0.2, 0.25) is 0 Å². The van der Waals surface area contributed by atoms with E-state index in [1.807, 2.05) is 56.3 Å². The quantitative estimate of drug-likeness (QED) is 0.193. The van der Waals surface area contributed by atoms with Crippen molar-refractivity contribution in [2.75, 3.05) is 6.61 Å². The largest absolute Gasteiger partial charge is 0.490 e. The maximum atomic E-state index is 13.0. The van der Waals surface area contributed by atoms with Crippen LogP contribution in [0.25, 0.3) is 6.08 Å². The number of carbonyl (C=O) groups is 2. The summed E-state index contributed by atoms with van der Waals surface area (Å²) in [4.78, 5) is 27.1. The fourth-order valence-corrected chi connectivity index (χ4v) is 5.34. The van der Waals surface area contributed by atoms with Gasteiger partial charge in [0.15, 0.2) is 11.5 Å². The van der Waals surface area contributed by atoms with Gasteiger partial charge in [0, 0.05) is 5.02 Å². The van der Waals surface area contributed by atoms with Gasteiger partial charge in [-0.05, 0) is 95.2 Å². The van der Waals surface area contributed by atoms with Gasteiger partial charge in [-0.25, -0.2) is 0 Å². The molecule has 0 bridgehead atoms. The van der Waals surface area contributed by atoms with E-state index in [4.69, 9.17) is 21.1 Å². The van der Waals surface area contributed by atoms with Crippen LogP contribution >= 0.6 is 46.0 Å². The highest BCUT2D eigenvalue weighted by atomic mass is 127. The third-order valence-corrected chi connectivity index (χ3v) is 7.18. The monoisotopic (exact) mass is 619 g/mol. The van der Waals surface area contributed by atoms with Gasteiger partial charge in [0.25, 0.3) is 11.1 Å². The lowest BCUT2D eigenvalue weighted by atomic mass is 10.1. The summed E-state index contributed by atoms with van der Waals surface area (Å²) in [5.41, 5.74) is 3.84. The summed E-state index contributed by atoms with van der Waals surface area (Å²) in [6, 6.07) is 19.0. The van der Waals surface area contributed by atoms with Crippen LogP contribution in [0.15, 0.2) is 65.6 Å². The second kappa shape index (κ2) is 11.5. The van der Waals surface area contributed by atoms with E-state index in [0.717, 1.165) is 32.0 Å². The van der Waals surface area contributed by atoms with Crippen molar-refractivity contribution in [3.8, 4) is 11.5 Å². The lowest BCUT2D eigenvalue weighted by Gasteiger charge is -2.15. The Labute approximate surface area is 227 Å². The molecule has 1 saturated heterocycles. The first-order valence-corrected chi connectivity index (χ1v) is 13.3. The van der Waals surface area contributed by atoms with Crippen molar-refractivity contribution in [2.24, 2.45) is 0 Å². The first kappa shape index (κ1) is 25.6. The summed E-state index contributed by atoms with van der Waals surface area (Å²) in [5.74, 6) is 0.934. The zero-order chi connectivity index (χ0) is 24.9. The van der Waals surface area contributed by atoms with E-state index in [0.29, 0.717) is 34.6 Å². The predicted octanol–water partition coefficient (Wildman–Crippen LogP) is 7.47. The molecule has 0 saturated carbocycles. The third-order valence-electron chi connectivity index (χ3n) is 5.22. The highest BCUT2D eigenvalue weighted by molar-refractivity contribution is 14.1. The number of ether oxygens (including phenoxy) is 2. The SMILES string of the molecule is CCOc1cc(/C=C2\SC(=O)N(Cc3ccc(Cl)cc3)C2=O)cc(I)c1OCc1cccc(C)c1. The molecule has 3 aromatic rings. The van der Waals surface area contributed by atoms with E-state index in [9.17, 15) is 9.59 Å². The number of halogens is 2. The van der Waals surface area contributed by atoms with Crippen LogP contribution in [-0.4, -0.2) is 22.7 Å². The number of benzene rings is 3. The number of hydrogen-bond acceptors (Lipinski definition) is 5. The average molecular weight is 620 g/mol. The summed E-state index contributed by atoms with van der Waals surface area (Å²) < 4.78 is 12.8. The number of thioether (sulfide) groups is 1. The lowest BCUT2D eigenvalue weighted by molar-refractivity contribution is -0.123. The smallest absolute Gasteiger partial charge is 0.293 e. The predicted molar refractivity (Wildman–Crippen MR) is 149 cm³/mol. The van der Waals surface area contributed by atoms with Crippen LogP contribution in [0.2, 0.25) is 5.02 Å². The second-order valence-corrected chi connectivity index (χ2v) is 10.5. The molecule has 1 aliphatic heterocycles. The summed E-state index contributed by atoms with van der Waals surface area (Å²) in [7, 11) is 0. The molecular formula is C27H23ClINO4S. The molecule has 0 aliphatic carbocycles. The highest BCUT2D eigenvalue weighted by Gasteiger charge is 2.35. The Hall–Kier alpha value is -2.49. The number of hydrogen-bond donors (Lipinski definition) is 0. The molecule has 5 nitrogen and oxygen atoms in total. The lowest BCUT2D eigenvalue weighted by Crippen LogP contribution is -2.27. The van der Waals surface area contributed by atoms with Gasteiger partial charge >= 0.3 is 0 Å². The zero-order valence-electron chi connectivity index (χ0n) is 19.2. The molecule has 0 radical (unpaired) electrons. The van der Waals surface area contributed by atoms with Crippen LogP contribution in [0.1, 0.15) is 29.2 Å².